The molecule has 0 N–H and O–H groups in total. The number of hydrogen-bond acceptors (Lipinski definition) is 8. The lowest BCUT2D eigenvalue weighted by molar-refractivity contribution is -0.185. The number of ether oxygens (including phenoxy) is 2. The van der Waals surface area contributed by atoms with Crippen LogP contribution in [0.3, 0.4) is 0 Å². The van der Waals surface area contributed by atoms with Gasteiger partial charge in [-0.2, -0.15) is 9.97 Å². The van der Waals surface area contributed by atoms with Crippen molar-refractivity contribution in [1.82, 2.24) is 14.9 Å². The monoisotopic (exact) mass is 533 g/mol. The van der Waals surface area contributed by atoms with Crippen molar-refractivity contribution >= 4 is 39.8 Å². The number of hydrogen-bond donors (Lipinski definition) is 0. The minimum absolute atomic E-state index is 0.0316. The first-order chi connectivity index (χ1) is 18.5. The summed E-state index contributed by atoms with van der Waals surface area (Å²) in [5.41, 5.74) is 3.28. The first kappa shape index (κ1) is 24.0. The molecule has 0 aliphatic carbocycles. The van der Waals surface area contributed by atoms with Crippen molar-refractivity contribution in [3.63, 3.8) is 0 Å². The Morgan fingerprint density at radius 3 is 2.74 bits per heavy atom. The van der Waals surface area contributed by atoms with Gasteiger partial charge in [0.2, 0.25) is 0 Å². The molecule has 2 aromatic carbocycles. The fourth-order valence-electron chi connectivity index (χ4n) is 6.48. The lowest BCUT2D eigenvalue weighted by atomic mass is 9.89. The minimum Gasteiger partial charge on any atom is -0.462 e. The molecule has 3 atom stereocenters. The summed E-state index contributed by atoms with van der Waals surface area (Å²) < 4.78 is 11.7. The minimum atomic E-state index is -0.0616. The fourth-order valence-corrected chi connectivity index (χ4v) is 6.76. The average Bonchev–Trinajstić information content (AvgIpc) is 3.34. The number of likely N-dealkylation sites (N-methyl/N-ethyl adjacent to an activating group) is 1. The van der Waals surface area contributed by atoms with Gasteiger partial charge in [-0.1, -0.05) is 35.9 Å². The van der Waals surface area contributed by atoms with Crippen LogP contribution in [0.5, 0.6) is 6.01 Å². The molecule has 4 aliphatic rings. The van der Waals surface area contributed by atoms with E-state index in [0.717, 1.165) is 71.9 Å². The first-order valence-corrected chi connectivity index (χ1v) is 14.0. The zero-order valence-electron chi connectivity index (χ0n) is 21.6. The van der Waals surface area contributed by atoms with Crippen LogP contribution in [-0.4, -0.2) is 72.8 Å². The van der Waals surface area contributed by atoms with Gasteiger partial charge < -0.3 is 24.2 Å². The molecule has 1 aromatic heterocycles. The number of anilines is 2. The second kappa shape index (κ2) is 9.58. The fraction of sp³-hybridized carbons (Fsp3) is 0.483. The number of rotatable bonds is 5. The maximum Gasteiger partial charge on any atom is 0.318 e. The van der Waals surface area contributed by atoms with Crippen LogP contribution in [-0.2, 0) is 22.5 Å². The van der Waals surface area contributed by atoms with E-state index in [2.05, 4.69) is 46.0 Å². The molecule has 0 unspecified atom stereocenters. The molecule has 3 saturated heterocycles. The van der Waals surface area contributed by atoms with Gasteiger partial charge in [0, 0.05) is 35.8 Å². The number of nitrogens with zero attached hydrogens (tertiary/aromatic N) is 5. The van der Waals surface area contributed by atoms with Crippen molar-refractivity contribution in [1.29, 1.82) is 0 Å². The zero-order chi connectivity index (χ0) is 25.8. The van der Waals surface area contributed by atoms with Gasteiger partial charge >= 0.3 is 12.0 Å². The lowest BCUT2D eigenvalue weighted by Crippen LogP contribution is -2.57. The van der Waals surface area contributed by atoms with Crippen molar-refractivity contribution in [3.8, 4) is 6.01 Å². The summed E-state index contributed by atoms with van der Waals surface area (Å²) in [6.07, 6.45) is 3.90. The van der Waals surface area contributed by atoms with E-state index in [1.165, 1.54) is 12.0 Å². The Morgan fingerprint density at radius 1 is 1.08 bits per heavy atom. The Bertz CT molecular complexity index is 1390. The molecule has 0 radical (unpaired) electrons. The number of carbonyl (C=O) groups is 1. The summed E-state index contributed by atoms with van der Waals surface area (Å²) in [6.45, 7) is 4.64. The van der Waals surface area contributed by atoms with Crippen LogP contribution in [0.4, 0.5) is 11.5 Å². The van der Waals surface area contributed by atoms with E-state index in [9.17, 15) is 4.79 Å². The molecular formula is C29H32ClN5O3. The molecule has 0 saturated carbocycles. The largest absolute Gasteiger partial charge is 0.462 e. The third-order valence-corrected chi connectivity index (χ3v) is 9.02. The molecule has 3 fully saturated rings. The standard InChI is InChI=1S/C29H32ClN5O3/c1-33-12-4-7-19(33)17-37-29-31-23-15-34(24-9-3-6-18-5-2-8-22(30)26(18)24)13-10-20(23)27(32-29)35-14-11-21-25(16-35)38-28(21)36/h2-3,5-6,8-9,19,21,25H,4,7,10-17H2,1H3/t19-,21-,25+/m1/s1. The summed E-state index contributed by atoms with van der Waals surface area (Å²) in [6, 6.07) is 13.2. The molecule has 5 heterocycles. The van der Waals surface area contributed by atoms with Gasteiger partial charge in [-0.3, -0.25) is 4.79 Å². The summed E-state index contributed by atoms with van der Waals surface area (Å²) in [7, 11) is 2.15. The topological polar surface area (TPSA) is 71.0 Å². The SMILES string of the molecule is CN1CCC[C@@H]1COc1nc2c(c(N3CC[C@H]4C(=O)O[C@H]4C3)n1)CCN(c1cccc3cccc(Cl)c13)C2. The van der Waals surface area contributed by atoms with E-state index in [-0.39, 0.29) is 18.0 Å². The van der Waals surface area contributed by atoms with Crippen molar-refractivity contribution in [2.45, 2.75) is 44.4 Å². The average molecular weight is 534 g/mol. The summed E-state index contributed by atoms with van der Waals surface area (Å²) in [5.74, 6) is 0.902. The third-order valence-electron chi connectivity index (χ3n) is 8.70. The quantitative estimate of drug-likeness (QED) is 0.455. The van der Waals surface area contributed by atoms with E-state index in [4.69, 9.17) is 31.0 Å². The normalized spacial score (nSPS) is 25.1. The first-order valence-electron chi connectivity index (χ1n) is 13.7. The van der Waals surface area contributed by atoms with E-state index >= 15 is 0 Å². The number of esters is 1. The molecular weight excluding hydrogens is 502 g/mol. The van der Waals surface area contributed by atoms with Crippen LogP contribution >= 0.6 is 11.6 Å². The number of carbonyl (C=O) groups excluding carboxylic acids is 1. The number of fused-ring (bicyclic) bond motifs is 3. The van der Waals surface area contributed by atoms with Crippen molar-refractivity contribution in [3.05, 3.63) is 52.7 Å². The smallest absolute Gasteiger partial charge is 0.318 e. The highest BCUT2D eigenvalue weighted by Crippen LogP contribution is 2.39. The number of likely N-dealkylation sites (tertiary alicyclic amines) is 1. The Labute approximate surface area is 227 Å². The van der Waals surface area contributed by atoms with Crippen molar-refractivity contribution in [2.24, 2.45) is 5.92 Å². The second-order valence-corrected chi connectivity index (χ2v) is 11.4. The molecule has 8 nitrogen and oxygen atoms in total. The highest BCUT2D eigenvalue weighted by Gasteiger charge is 2.46. The van der Waals surface area contributed by atoms with Gasteiger partial charge in [0.25, 0.3) is 0 Å². The van der Waals surface area contributed by atoms with Crippen LogP contribution in [0.1, 0.15) is 30.5 Å². The number of benzene rings is 2. The van der Waals surface area contributed by atoms with E-state index in [1.54, 1.807) is 0 Å². The van der Waals surface area contributed by atoms with Crippen LogP contribution in [0, 0.1) is 5.92 Å². The van der Waals surface area contributed by atoms with Crippen LogP contribution < -0.4 is 14.5 Å². The highest BCUT2D eigenvalue weighted by molar-refractivity contribution is 6.36. The molecule has 7 rings (SSSR count). The van der Waals surface area contributed by atoms with Gasteiger partial charge in [-0.25, -0.2) is 0 Å². The molecule has 0 amide bonds. The maximum absolute atomic E-state index is 11.8. The number of aromatic nitrogens is 2. The molecule has 3 aromatic rings. The number of piperidine rings is 1. The van der Waals surface area contributed by atoms with Gasteiger partial charge in [0.1, 0.15) is 18.5 Å². The van der Waals surface area contributed by atoms with E-state index in [1.807, 2.05) is 12.1 Å². The van der Waals surface area contributed by atoms with Crippen molar-refractivity contribution < 1.29 is 14.3 Å². The second-order valence-electron chi connectivity index (χ2n) is 10.9. The molecule has 4 aliphatic heterocycles. The Kier molecular flexibility index (Phi) is 6.04. The van der Waals surface area contributed by atoms with Gasteiger partial charge in [-0.15, -0.1) is 0 Å². The Morgan fingerprint density at radius 2 is 1.95 bits per heavy atom. The van der Waals surface area contributed by atoms with Crippen LogP contribution in [0.15, 0.2) is 36.4 Å². The van der Waals surface area contributed by atoms with Crippen LogP contribution in [0.2, 0.25) is 5.02 Å². The molecule has 38 heavy (non-hydrogen) atoms. The molecule has 0 spiro atoms. The molecule has 9 heteroatoms. The van der Waals surface area contributed by atoms with Gasteiger partial charge in [0.05, 0.1) is 29.7 Å². The predicted octanol–water partition coefficient (Wildman–Crippen LogP) is 4.07. The van der Waals surface area contributed by atoms with Crippen LogP contribution in [0.25, 0.3) is 10.8 Å². The summed E-state index contributed by atoms with van der Waals surface area (Å²) in [5, 5.41) is 2.96. The van der Waals surface area contributed by atoms with Gasteiger partial charge in [0.15, 0.2) is 0 Å². The van der Waals surface area contributed by atoms with E-state index in [0.29, 0.717) is 31.7 Å². The maximum atomic E-state index is 11.8. The lowest BCUT2D eigenvalue weighted by Gasteiger charge is -2.44. The van der Waals surface area contributed by atoms with E-state index < -0.39 is 0 Å². The number of halogens is 1. The van der Waals surface area contributed by atoms with Crippen molar-refractivity contribution in [2.75, 3.05) is 49.6 Å². The highest BCUT2D eigenvalue weighted by atomic mass is 35.5. The predicted molar refractivity (Wildman–Crippen MR) is 147 cm³/mol. The summed E-state index contributed by atoms with van der Waals surface area (Å²) >= 11 is 6.67. The molecule has 198 valence electrons. The summed E-state index contributed by atoms with van der Waals surface area (Å²) in [4.78, 5) is 28.7. The van der Waals surface area contributed by atoms with Gasteiger partial charge in [-0.05, 0) is 56.8 Å². The third kappa shape index (κ3) is 4.14. The Balaban J connectivity index is 1.22. The zero-order valence-corrected chi connectivity index (χ0v) is 22.4. The Hall–Kier alpha value is -3.10. The molecule has 0 bridgehead atoms.